The van der Waals surface area contributed by atoms with Crippen molar-refractivity contribution in [3.05, 3.63) is 47.7 Å². The predicted molar refractivity (Wildman–Crippen MR) is 202 cm³/mol. The molecule has 4 fully saturated rings. The monoisotopic (exact) mass is 813 g/mol. The number of alkyl halides is 3. The van der Waals surface area contributed by atoms with E-state index in [1.807, 2.05) is 12.2 Å². The van der Waals surface area contributed by atoms with Gasteiger partial charge in [0.1, 0.15) is 11.7 Å². The van der Waals surface area contributed by atoms with Gasteiger partial charge in [0.2, 0.25) is 21.8 Å². The Morgan fingerprint density at radius 3 is 2.49 bits per heavy atom. The van der Waals surface area contributed by atoms with Crippen molar-refractivity contribution in [2.24, 2.45) is 17.3 Å². The van der Waals surface area contributed by atoms with Crippen LogP contribution in [0.2, 0.25) is 0 Å². The maximum absolute atomic E-state index is 14.8. The number of sulfonamides is 1. The highest BCUT2D eigenvalue weighted by Gasteiger charge is 2.63. The molecule has 1 N–H and O–H groups in total. The number of esters is 1. The first-order valence-electron chi connectivity index (χ1n) is 20.5. The summed E-state index contributed by atoms with van der Waals surface area (Å²) in [7, 11) is -4.03. The fraction of sp³-hybridized carbons (Fsp3) is 0.643. The van der Waals surface area contributed by atoms with Crippen LogP contribution in [-0.2, 0) is 46.5 Å². The highest BCUT2D eigenvalue weighted by molar-refractivity contribution is 7.91. The molecule has 1 spiro atoms. The van der Waals surface area contributed by atoms with Crippen LogP contribution < -0.4 is 9.46 Å². The Bertz CT molecular complexity index is 2110. The SMILES string of the molecule is CC1(S(=O)(=O)NC(=O)[C@]23CC(=O)[C@@H]4C[C@]5(CCc6c(c(C(F)(F)F)nc7ccccc67)O5)CN4C(=O)[C@@H](CC(=O)OC4CCCC4)CCCCC/C=C\[C@@H]2C3)CC1. The number of carbonyl (C=O) groups excluding carboxylic acids is 4. The molecule has 15 heteroatoms. The quantitative estimate of drug-likeness (QED) is 0.243. The van der Waals surface area contributed by atoms with Crippen LogP contribution in [0, 0.1) is 17.3 Å². The number of para-hydroxylation sites is 1. The van der Waals surface area contributed by atoms with Crippen molar-refractivity contribution in [3.63, 3.8) is 0 Å². The zero-order valence-electron chi connectivity index (χ0n) is 32.2. The van der Waals surface area contributed by atoms with E-state index < -0.39 is 84.9 Å². The van der Waals surface area contributed by atoms with E-state index in [4.69, 9.17) is 9.47 Å². The lowest BCUT2D eigenvalue weighted by molar-refractivity contribution is -0.154. The molecule has 8 rings (SSSR count). The van der Waals surface area contributed by atoms with Gasteiger partial charge < -0.3 is 14.4 Å². The van der Waals surface area contributed by atoms with Gasteiger partial charge in [-0.3, -0.25) is 23.9 Å². The molecule has 0 radical (unpaired) electrons. The van der Waals surface area contributed by atoms with Crippen molar-refractivity contribution in [2.45, 2.75) is 145 Å². The average molecular weight is 814 g/mol. The second kappa shape index (κ2) is 14.7. The molecule has 3 aliphatic heterocycles. The molecule has 2 aromatic rings. The zero-order valence-corrected chi connectivity index (χ0v) is 33.0. The molecule has 11 nitrogen and oxygen atoms in total. The normalized spacial score (nSPS) is 31.0. The number of nitrogens with one attached hydrogen (secondary N) is 1. The molecule has 3 aliphatic carbocycles. The lowest BCUT2D eigenvalue weighted by atomic mass is 9.85. The number of amides is 2. The number of allylic oxidation sites excluding steroid dienone is 2. The Kier molecular flexibility index (Phi) is 10.2. The van der Waals surface area contributed by atoms with Gasteiger partial charge in [0.15, 0.2) is 17.2 Å². The average Bonchev–Trinajstić information content (AvgIpc) is 3.95. The van der Waals surface area contributed by atoms with Crippen LogP contribution in [0.3, 0.4) is 0 Å². The van der Waals surface area contributed by atoms with Crippen molar-refractivity contribution >= 4 is 44.5 Å². The highest BCUT2D eigenvalue weighted by Crippen LogP contribution is 2.58. The minimum atomic E-state index is -4.86. The molecule has 1 aromatic heterocycles. The number of pyridine rings is 1. The number of ether oxygens (including phenoxy) is 2. The Morgan fingerprint density at radius 1 is 1.02 bits per heavy atom. The van der Waals surface area contributed by atoms with E-state index in [9.17, 15) is 40.8 Å². The first-order chi connectivity index (χ1) is 27.0. The third-order valence-corrected chi connectivity index (χ3v) is 15.6. The number of nitrogens with zero attached hydrogens (tertiary/aromatic N) is 2. The summed E-state index contributed by atoms with van der Waals surface area (Å²) < 4.78 is 83.8. The number of Topliss-reactive ketones (excluding diaryl/α,β-unsaturated/α-hetero) is 1. The number of aryl methyl sites for hydroxylation is 1. The smallest absolute Gasteiger partial charge is 0.437 e. The summed E-state index contributed by atoms with van der Waals surface area (Å²) in [5, 5.41) is 0.520. The standard InChI is InChI=1S/C42H50F3N3O8S/c1-39(19-20-39)57(53,54)47-38(52)41-22-27(41)12-6-4-2-3-5-11-26(21-34(50)55-28-13-7-8-14-28)37(51)48-25-40(23-32(48)33(49)24-41)18-17-30-29-15-9-10-16-31(29)46-36(35(30)56-40)42(43,44)45/h6,9-10,12,15-16,26-28,32H,2-5,7-8,11,13-14,17-25H2,1H3,(H,47,52)/b12-6-/t26-,27-,32+,40-,41-/m1/s1. The van der Waals surface area contributed by atoms with Gasteiger partial charge in [0, 0.05) is 29.7 Å². The van der Waals surface area contributed by atoms with E-state index in [0.717, 1.165) is 38.5 Å². The summed E-state index contributed by atoms with van der Waals surface area (Å²) in [4.78, 5) is 62.2. The first-order valence-corrected chi connectivity index (χ1v) is 22.0. The van der Waals surface area contributed by atoms with Crippen molar-refractivity contribution in [2.75, 3.05) is 6.54 Å². The second-order valence-electron chi connectivity index (χ2n) is 17.6. The number of rotatable bonds is 6. The molecule has 57 heavy (non-hydrogen) atoms. The summed E-state index contributed by atoms with van der Waals surface area (Å²) in [6.45, 7) is 1.35. The van der Waals surface area contributed by atoms with Crippen LogP contribution in [-0.4, -0.2) is 70.9 Å². The minimum absolute atomic E-state index is 0.144. The van der Waals surface area contributed by atoms with E-state index >= 15 is 0 Å². The van der Waals surface area contributed by atoms with Gasteiger partial charge in [-0.2, -0.15) is 13.2 Å². The van der Waals surface area contributed by atoms with Gasteiger partial charge in [-0.1, -0.05) is 43.2 Å². The number of halogens is 3. The third kappa shape index (κ3) is 7.69. The molecule has 1 aromatic carbocycles. The fourth-order valence-electron chi connectivity index (χ4n) is 9.59. The van der Waals surface area contributed by atoms with Gasteiger partial charge in [-0.15, -0.1) is 0 Å². The van der Waals surface area contributed by atoms with Gasteiger partial charge >= 0.3 is 12.1 Å². The Balaban J connectivity index is 1.14. The van der Waals surface area contributed by atoms with Gasteiger partial charge in [0.25, 0.3) is 0 Å². The van der Waals surface area contributed by atoms with Gasteiger partial charge in [-0.05, 0) is 96.0 Å². The Labute approximate surface area is 330 Å². The van der Waals surface area contributed by atoms with Crippen LogP contribution in [0.15, 0.2) is 36.4 Å². The highest BCUT2D eigenvalue weighted by atomic mass is 32.2. The van der Waals surface area contributed by atoms with Crippen LogP contribution >= 0.6 is 0 Å². The lowest BCUT2D eigenvalue weighted by Crippen LogP contribution is -2.48. The molecular weight excluding hydrogens is 764 g/mol. The molecule has 3 saturated carbocycles. The van der Waals surface area contributed by atoms with Crippen molar-refractivity contribution in [1.82, 2.24) is 14.6 Å². The number of hydrogen-bond donors (Lipinski definition) is 1. The number of fused-ring (bicyclic) bond motifs is 5. The number of hydrogen-bond acceptors (Lipinski definition) is 9. The summed E-state index contributed by atoms with van der Waals surface area (Å²) >= 11 is 0. The summed E-state index contributed by atoms with van der Waals surface area (Å²) in [5.74, 6) is -3.96. The zero-order chi connectivity index (χ0) is 40.4. The molecule has 0 unspecified atom stereocenters. The number of aromatic nitrogens is 1. The molecular formula is C42H50F3N3O8S. The minimum Gasteiger partial charge on any atom is -0.483 e. The van der Waals surface area contributed by atoms with E-state index in [1.54, 1.807) is 25.1 Å². The molecule has 308 valence electrons. The maximum atomic E-state index is 14.8. The topological polar surface area (TPSA) is 149 Å². The molecule has 5 atom stereocenters. The largest absolute Gasteiger partial charge is 0.483 e. The number of benzene rings is 1. The van der Waals surface area contributed by atoms with E-state index in [0.29, 0.717) is 43.1 Å². The van der Waals surface area contributed by atoms with E-state index in [2.05, 4.69) is 9.71 Å². The maximum Gasteiger partial charge on any atom is 0.437 e. The van der Waals surface area contributed by atoms with E-state index in [-0.39, 0.29) is 56.7 Å². The van der Waals surface area contributed by atoms with Crippen LogP contribution in [0.5, 0.6) is 5.75 Å². The summed E-state index contributed by atoms with van der Waals surface area (Å²) in [6, 6.07) is 5.33. The second-order valence-corrected chi connectivity index (χ2v) is 19.8. The summed E-state index contributed by atoms with van der Waals surface area (Å²) in [5.41, 5.74) is -3.45. The van der Waals surface area contributed by atoms with Gasteiger partial charge in [-0.25, -0.2) is 13.4 Å². The molecule has 2 amide bonds. The summed E-state index contributed by atoms with van der Waals surface area (Å²) in [6.07, 6.45) is 5.97. The third-order valence-electron chi connectivity index (χ3n) is 13.5. The molecule has 0 bridgehead atoms. The number of carbonyl (C=O) groups is 4. The first kappa shape index (κ1) is 39.8. The van der Waals surface area contributed by atoms with Crippen molar-refractivity contribution < 1.29 is 50.2 Å². The predicted octanol–water partition coefficient (Wildman–Crippen LogP) is 6.89. The molecule has 1 saturated heterocycles. The van der Waals surface area contributed by atoms with Crippen LogP contribution in [0.1, 0.15) is 121 Å². The van der Waals surface area contributed by atoms with Crippen molar-refractivity contribution in [1.29, 1.82) is 0 Å². The number of ketones is 1. The van der Waals surface area contributed by atoms with Crippen LogP contribution in [0.4, 0.5) is 13.2 Å². The van der Waals surface area contributed by atoms with E-state index in [1.165, 1.54) is 11.0 Å². The molecule has 6 aliphatic rings. The van der Waals surface area contributed by atoms with Gasteiger partial charge in [0.05, 0.1) is 34.7 Å². The fourth-order valence-corrected chi connectivity index (χ4v) is 10.9. The Hall–Kier alpha value is -4.01. The van der Waals surface area contributed by atoms with Crippen molar-refractivity contribution in [3.8, 4) is 5.75 Å². The molecule has 4 heterocycles. The van der Waals surface area contributed by atoms with Crippen LogP contribution in [0.25, 0.3) is 10.9 Å². The Morgan fingerprint density at radius 2 is 1.75 bits per heavy atom. The lowest BCUT2D eigenvalue weighted by Gasteiger charge is -2.37.